The fourth-order valence-electron chi connectivity index (χ4n) is 2.28. The molecule has 0 radical (unpaired) electrons. The average Bonchev–Trinajstić information content (AvgIpc) is 2.74. The zero-order chi connectivity index (χ0) is 15.6. The SMILES string of the molecule is Cc1oc2nc[nH]c(=O)c2c1C(=O)N[C@H](C)CCC(C)C. The van der Waals surface area contributed by atoms with E-state index in [1.54, 1.807) is 6.92 Å². The zero-order valence-electron chi connectivity index (χ0n) is 12.8. The standard InChI is InChI=1S/C15H21N3O3/c1-8(2)5-6-9(3)18-14(20)11-10(4)21-15-12(11)13(19)16-7-17-15/h7-9H,5-6H2,1-4H3,(H,18,20)(H,16,17,19)/t9-/m1/s1. The summed E-state index contributed by atoms with van der Waals surface area (Å²) in [6.07, 6.45) is 3.20. The first-order chi connectivity index (χ1) is 9.90. The molecule has 6 heteroatoms. The molecule has 6 nitrogen and oxygen atoms in total. The highest BCUT2D eigenvalue weighted by Crippen LogP contribution is 2.20. The highest BCUT2D eigenvalue weighted by Gasteiger charge is 2.22. The largest absolute Gasteiger partial charge is 0.442 e. The minimum Gasteiger partial charge on any atom is -0.442 e. The van der Waals surface area contributed by atoms with Gasteiger partial charge in [-0.25, -0.2) is 4.98 Å². The second-order valence-corrected chi connectivity index (χ2v) is 5.79. The molecule has 0 saturated heterocycles. The van der Waals surface area contributed by atoms with Crippen LogP contribution >= 0.6 is 0 Å². The summed E-state index contributed by atoms with van der Waals surface area (Å²) in [5.74, 6) is 0.705. The van der Waals surface area contributed by atoms with Crippen LogP contribution in [-0.2, 0) is 0 Å². The molecular formula is C15H21N3O3. The number of carbonyl (C=O) groups excluding carboxylic acids is 1. The van der Waals surface area contributed by atoms with Crippen LogP contribution in [0.5, 0.6) is 0 Å². The Hall–Kier alpha value is -2.11. The van der Waals surface area contributed by atoms with Crippen molar-refractivity contribution >= 4 is 17.0 Å². The van der Waals surface area contributed by atoms with Crippen LogP contribution in [0.15, 0.2) is 15.5 Å². The van der Waals surface area contributed by atoms with Gasteiger partial charge in [0.05, 0.1) is 11.9 Å². The van der Waals surface area contributed by atoms with E-state index in [0.717, 1.165) is 12.8 Å². The van der Waals surface area contributed by atoms with Gasteiger partial charge in [0.1, 0.15) is 11.1 Å². The van der Waals surface area contributed by atoms with Crippen molar-refractivity contribution in [2.75, 3.05) is 0 Å². The van der Waals surface area contributed by atoms with E-state index in [-0.39, 0.29) is 34.2 Å². The lowest BCUT2D eigenvalue weighted by molar-refractivity contribution is 0.0937. The van der Waals surface area contributed by atoms with Crippen molar-refractivity contribution < 1.29 is 9.21 Å². The molecule has 114 valence electrons. The van der Waals surface area contributed by atoms with Crippen LogP contribution in [0.1, 0.15) is 49.7 Å². The van der Waals surface area contributed by atoms with E-state index in [9.17, 15) is 9.59 Å². The smallest absolute Gasteiger partial charge is 0.262 e. The lowest BCUT2D eigenvalue weighted by Crippen LogP contribution is -2.33. The second-order valence-electron chi connectivity index (χ2n) is 5.79. The molecule has 21 heavy (non-hydrogen) atoms. The van der Waals surface area contributed by atoms with E-state index in [1.807, 2.05) is 6.92 Å². The first-order valence-electron chi connectivity index (χ1n) is 7.17. The third-order valence-corrected chi connectivity index (χ3v) is 3.45. The highest BCUT2D eigenvalue weighted by atomic mass is 16.3. The van der Waals surface area contributed by atoms with Gasteiger partial charge >= 0.3 is 0 Å². The Balaban J connectivity index is 2.24. The number of hydrogen-bond donors (Lipinski definition) is 2. The van der Waals surface area contributed by atoms with Crippen molar-refractivity contribution in [1.82, 2.24) is 15.3 Å². The van der Waals surface area contributed by atoms with Crippen LogP contribution < -0.4 is 10.9 Å². The van der Waals surface area contributed by atoms with Gasteiger partial charge in [0, 0.05) is 6.04 Å². The lowest BCUT2D eigenvalue weighted by Gasteiger charge is -2.14. The number of H-pyrrole nitrogens is 1. The van der Waals surface area contributed by atoms with Crippen molar-refractivity contribution in [1.29, 1.82) is 0 Å². The fraction of sp³-hybridized carbons (Fsp3) is 0.533. The second kappa shape index (κ2) is 6.11. The molecule has 1 amide bonds. The third-order valence-electron chi connectivity index (χ3n) is 3.45. The highest BCUT2D eigenvalue weighted by molar-refractivity contribution is 6.06. The molecule has 1 atom stereocenters. The lowest BCUT2D eigenvalue weighted by atomic mass is 10.0. The zero-order valence-corrected chi connectivity index (χ0v) is 12.8. The summed E-state index contributed by atoms with van der Waals surface area (Å²) in [7, 11) is 0. The number of aryl methyl sites for hydroxylation is 1. The van der Waals surface area contributed by atoms with Crippen molar-refractivity contribution in [2.24, 2.45) is 5.92 Å². The predicted octanol–water partition coefficient (Wildman–Crippen LogP) is 2.38. The Labute approximate surface area is 123 Å². The molecule has 2 aromatic heterocycles. The number of rotatable bonds is 5. The van der Waals surface area contributed by atoms with Crippen LogP contribution in [0.25, 0.3) is 11.1 Å². The van der Waals surface area contributed by atoms with E-state index in [4.69, 9.17) is 4.42 Å². The van der Waals surface area contributed by atoms with Crippen LogP contribution in [0.3, 0.4) is 0 Å². The topological polar surface area (TPSA) is 88.0 Å². The number of hydrogen-bond acceptors (Lipinski definition) is 4. The number of amides is 1. The Morgan fingerprint density at radius 2 is 2.10 bits per heavy atom. The molecule has 0 aliphatic rings. The molecule has 0 aliphatic heterocycles. The fourth-order valence-corrected chi connectivity index (χ4v) is 2.28. The summed E-state index contributed by atoms with van der Waals surface area (Å²) in [6, 6.07) is 0.0417. The van der Waals surface area contributed by atoms with E-state index in [2.05, 4.69) is 29.1 Å². The summed E-state index contributed by atoms with van der Waals surface area (Å²) in [5.41, 5.74) is 0.101. The van der Waals surface area contributed by atoms with Crippen molar-refractivity contribution in [3.63, 3.8) is 0 Å². The van der Waals surface area contributed by atoms with Crippen LogP contribution in [0.4, 0.5) is 0 Å². The molecule has 0 spiro atoms. The van der Waals surface area contributed by atoms with Crippen LogP contribution in [0, 0.1) is 12.8 Å². The summed E-state index contributed by atoms with van der Waals surface area (Å²) in [6.45, 7) is 7.91. The number of fused-ring (bicyclic) bond motifs is 1. The summed E-state index contributed by atoms with van der Waals surface area (Å²) in [4.78, 5) is 30.7. The molecule has 2 aromatic rings. The van der Waals surface area contributed by atoms with Gasteiger partial charge in [-0.05, 0) is 32.6 Å². The summed E-state index contributed by atoms with van der Waals surface area (Å²) < 4.78 is 5.39. The predicted molar refractivity (Wildman–Crippen MR) is 80.4 cm³/mol. The first kappa shape index (κ1) is 15.3. The number of aromatic nitrogens is 2. The van der Waals surface area contributed by atoms with Gasteiger partial charge in [0.2, 0.25) is 5.71 Å². The van der Waals surface area contributed by atoms with E-state index in [0.29, 0.717) is 11.7 Å². The number of nitrogens with one attached hydrogen (secondary N) is 2. The molecule has 2 heterocycles. The normalized spacial score (nSPS) is 12.8. The van der Waals surface area contributed by atoms with Gasteiger partial charge in [0.15, 0.2) is 0 Å². The van der Waals surface area contributed by atoms with Gasteiger partial charge in [-0.2, -0.15) is 0 Å². The molecule has 0 aromatic carbocycles. The maximum atomic E-state index is 12.4. The van der Waals surface area contributed by atoms with Gasteiger partial charge in [-0.15, -0.1) is 0 Å². The monoisotopic (exact) mass is 291 g/mol. The number of aromatic amines is 1. The Bertz CT molecular complexity index is 700. The van der Waals surface area contributed by atoms with E-state index in [1.165, 1.54) is 6.33 Å². The van der Waals surface area contributed by atoms with Crippen molar-refractivity contribution in [3.05, 3.63) is 28.0 Å². The van der Waals surface area contributed by atoms with Gasteiger partial charge in [-0.3, -0.25) is 9.59 Å². The van der Waals surface area contributed by atoms with Crippen molar-refractivity contribution in [3.8, 4) is 0 Å². The molecule has 0 saturated carbocycles. The molecule has 2 N–H and O–H groups in total. The Morgan fingerprint density at radius 1 is 1.38 bits per heavy atom. The van der Waals surface area contributed by atoms with E-state index < -0.39 is 0 Å². The molecule has 0 unspecified atom stereocenters. The van der Waals surface area contributed by atoms with E-state index >= 15 is 0 Å². The Morgan fingerprint density at radius 3 is 2.76 bits per heavy atom. The van der Waals surface area contributed by atoms with Crippen LogP contribution in [0.2, 0.25) is 0 Å². The van der Waals surface area contributed by atoms with Crippen LogP contribution in [-0.4, -0.2) is 21.9 Å². The number of carbonyl (C=O) groups is 1. The first-order valence-corrected chi connectivity index (χ1v) is 7.17. The maximum absolute atomic E-state index is 12.4. The average molecular weight is 291 g/mol. The number of nitrogens with zero attached hydrogens (tertiary/aromatic N) is 1. The molecular weight excluding hydrogens is 270 g/mol. The molecule has 0 fully saturated rings. The summed E-state index contributed by atoms with van der Waals surface area (Å²) in [5, 5.41) is 3.13. The molecule has 2 rings (SSSR count). The summed E-state index contributed by atoms with van der Waals surface area (Å²) >= 11 is 0. The number of furan rings is 1. The maximum Gasteiger partial charge on any atom is 0.262 e. The minimum absolute atomic E-state index is 0.0417. The van der Waals surface area contributed by atoms with Gasteiger partial charge in [0.25, 0.3) is 11.5 Å². The minimum atomic E-state index is -0.364. The van der Waals surface area contributed by atoms with Crippen molar-refractivity contribution in [2.45, 2.75) is 46.6 Å². The van der Waals surface area contributed by atoms with Gasteiger partial charge < -0.3 is 14.7 Å². The van der Waals surface area contributed by atoms with Gasteiger partial charge in [-0.1, -0.05) is 13.8 Å². The quantitative estimate of drug-likeness (QED) is 0.885. The third kappa shape index (κ3) is 3.32. The Kier molecular flexibility index (Phi) is 4.45. The molecule has 0 aliphatic carbocycles. The molecule has 0 bridgehead atoms.